The molecule has 1 aliphatic rings. The molecule has 1 aromatic rings. The fourth-order valence-electron chi connectivity index (χ4n) is 2.26. The van der Waals surface area contributed by atoms with Gasteiger partial charge in [0.15, 0.2) is 0 Å². The Morgan fingerprint density at radius 3 is 2.88 bits per heavy atom. The van der Waals surface area contributed by atoms with Gasteiger partial charge in [-0.25, -0.2) is 0 Å². The van der Waals surface area contributed by atoms with E-state index >= 15 is 0 Å². The zero-order valence-electron chi connectivity index (χ0n) is 9.72. The van der Waals surface area contributed by atoms with Gasteiger partial charge in [-0.2, -0.15) is 0 Å². The van der Waals surface area contributed by atoms with Gasteiger partial charge in [-0.05, 0) is 24.8 Å². The lowest BCUT2D eigenvalue weighted by Crippen LogP contribution is -2.35. The van der Waals surface area contributed by atoms with Crippen LogP contribution in [-0.2, 0) is 4.74 Å². The summed E-state index contributed by atoms with van der Waals surface area (Å²) in [6, 6.07) is 1.99. The number of hydrogen-bond acceptors (Lipinski definition) is 4. The molecule has 0 radical (unpaired) electrons. The molecule has 2 rings (SSSR count). The Morgan fingerprint density at radius 1 is 1.50 bits per heavy atom. The fraction of sp³-hybridized carbons (Fsp3) is 0.583. The molecule has 1 fully saturated rings. The van der Waals surface area contributed by atoms with Gasteiger partial charge in [-0.15, -0.1) is 0 Å². The van der Waals surface area contributed by atoms with Gasteiger partial charge >= 0.3 is 0 Å². The van der Waals surface area contributed by atoms with Crippen LogP contribution in [0.1, 0.15) is 12.8 Å². The minimum absolute atomic E-state index is 0.698. The Kier molecular flexibility index (Phi) is 3.62. The topological polar surface area (TPSA) is 51.4 Å². The highest BCUT2D eigenvalue weighted by Gasteiger charge is 2.20. The number of ether oxygens (including phenoxy) is 1. The number of piperidine rings is 1. The van der Waals surface area contributed by atoms with E-state index in [1.54, 1.807) is 19.5 Å². The zero-order chi connectivity index (χ0) is 11.4. The maximum absolute atomic E-state index is 5.92. The third-order valence-electron chi connectivity index (χ3n) is 3.19. The van der Waals surface area contributed by atoms with Gasteiger partial charge in [0.25, 0.3) is 0 Å². The highest BCUT2D eigenvalue weighted by Crippen LogP contribution is 2.26. The number of pyridine rings is 1. The van der Waals surface area contributed by atoms with E-state index in [-0.39, 0.29) is 0 Å². The van der Waals surface area contributed by atoms with Crippen LogP contribution in [0.15, 0.2) is 18.5 Å². The number of anilines is 2. The summed E-state index contributed by atoms with van der Waals surface area (Å²) in [7, 11) is 1.77. The van der Waals surface area contributed by atoms with E-state index in [1.807, 2.05) is 6.07 Å². The van der Waals surface area contributed by atoms with Crippen LogP contribution in [0.3, 0.4) is 0 Å². The largest absolute Gasteiger partial charge is 0.396 e. The molecular weight excluding hydrogens is 202 g/mol. The van der Waals surface area contributed by atoms with E-state index in [9.17, 15) is 0 Å². The van der Waals surface area contributed by atoms with Crippen LogP contribution in [0.25, 0.3) is 0 Å². The van der Waals surface area contributed by atoms with Crippen LogP contribution in [0, 0.1) is 5.92 Å². The number of nitrogen functional groups attached to an aromatic ring is 1. The predicted octanol–water partition coefficient (Wildman–Crippen LogP) is 1.53. The first-order valence-corrected chi connectivity index (χ1v) is 5.74. The predicted molar refractivity (Wildman–Crippen MR) is 65.5 cm³/mol. The Hall–Kier alpha value is -1.29. The highest BCUT2D eigenvalue weighted by atomic mass is 16.5. The lowest BCUT2D eigenvalue weighted by atomic mass is 9.97. The molecule has 0 atom stereocenters. The van der Waals surface area contributed by atoms with Crippen molar-refractivity contribution in [3.63, 3.8) is 0 Å². The minimum Gasteiger partial charge on any atom is -0.396 e. The Morgan fingerprint density at radius 2 is 2.25 bits per heavy atom. The van der Waals surface area contributed by atoms with E-state index in [2.05, 4.69) is 9.88 Å². The number of nitrogens with two attached hydrogens (primary N) is 1. The van der Waals surface area contributed by atoms with E-state index in [0.717, 1.165) is 31.1 Å². The molecular formula is C12H19N3O. The maximum atomic E-state index is 5.92. The van der Waals surface area contributed by atoms with Crippen LogP contribution in [0.2, 0.25) is 0 Å². The minimum atomic E-state index is 0.698. The van der Waals surface area contributed by atoms with Crippen molar-refractivity contribution in [2.24, 2.45) is 5.92 Å². The third-order valence-corrected chi connectivity index (χ3v) is 3.19. The number of rotatable bonds is 3. The van der Waals surface area contributed by atoms with E-state index in [0.29, 0.717) is 5.92 Å². The van der Waals surface area contributed by atoms with Crippen LogP contribution in [-0.4, -0.2) is 31.8 Å². The van der Waals surface area contributed by atoms with Crippen molar-refractivity contribution in [3.05, 3.63) is 18.5 Å². The standard InChI is InChI=1S/C12H19N3O/c1-16-9-10-3-6-15(7-4-10)12-2-5-14-8-11(12)13/h2,5,8,10H,3-4,6-7,9,13H2,1H3. The van der Waals surface area contributed by atoms with Crippen molar-refractivity contribution in [2.45, 2.75) is 12.8 Å². The lowest BCUT2D eigenvalue weighted by molar-refractivity contribution is 0.139. The molecule has 16 heavy (non-hydrogen) atoms. The first kappa shape index (κ1) is 11.2. The van der Waals surface area contributed by atoms with Crippen molar-refractivity contribution in [3.8, 4) is 0 Å². The molecule has 0 amide bonds. The molecule has 4 heteroatoms. The van der Waals surface area contributed by atoms with E-state index in [1.165, 1.54) is 12.8 Å². The van der Waals surface area contributed by atoms with Gasteiger partial charge in [0.05, 0.1) is 17.6 Å². The molecule has 2 heterocycles. The van der Waals surface area contributed by atoms with Crippen LogP contribution >= 0.6 is 0 Å². The second-order valence-corrected chi connectivity index (χ2v) is 4.32. The number of nitrogens with zero attached hydrogens (tertiary/aromatic N) is 2. The summed E-state index contributed by atoms with van der Waals surface area (Å²) in [4.78, 5) is 6.35. The van der Waals surface area contributed by atoms with Crippen LogP contribution < -0.4 is 10.6 Å². The summed E-state index contributed by atoms with van der Waals surface area (Å²) < 4.78 is 5.19. The van der Waals surface area contributed by atoms with Crippen LogP contribution in [0.4, 0.5) is 11.4 Å². The first-order chi connectivity index (χ1) is 7.81. The Bertz CT molecular complexity index is 335. The molecule has 1 aromatic heterocycles. The summed E-state index contributed by atoms with van der Waals surface area (Å²) in [6.45, 7) is 2.99. The Labute approximate surface area is 96.4 Å². The molecule has 0 aliphatic carbocycles. The van der Waals surface area contributed by atoms with Gasteiger partial charge in [0.1, 0.15) is 0 Å². The van der Waals surface area contributed by atoms with Crippen LogP contribution in [0.5, 0.6) is 0 Å². The monoisotopic (exact) mass is 221 g/mol. The summed E-state index contributed by atoms with van der Waals surface area (Å²) in [5.41, 5.74) is 7.80. The van der Waals surface area contributed by atoms with Gasteiger partial charge in [0, 0.05) is 33.0 Å². The molecule has 0 spiro atoms. The second kappa shape index (κ2) is 5.16. The Balaban J connectivity index is 1.96. The van der Waals surface area contributed by atoms with E-state index in [4.69, 9.17) is 10.5 Å². The number of methoxy groups -OCH3 is 1. The maximum Gasteiger partial charge on any atom is 0.0738 e. The number of hydrogen-bond donors (Lipinski definition) is 1. The molecule has 4 nitrogen and oxygen atoms in total. The molecule has 0 saturated carbocycles. The summed E-state index contributed by atoms with van der Waals surface area (Å²) in [6.07, 6.45) is 5.87. The van der Waals surface area contributed by atoms with Crippen molar-refractivity contribution in [1.29, 1.82) is 0 Å². The molecule has 0 unspecified atom stereocenters. The SMILES string of the molecule is COCC1CCN(c2ccncc2N)CC1. The third kappa shape index (κ3) is 2.44. The molecule has 2 N–H and O–H groups in total. The summed E-state index contributed by atoms with van der Waals surface area (Å²) >= 11 is 0. The van der Waals surface area contributed by atoms with Gasteiger partial charge < -0.3 is 15.4 Å². The molecule has 0 bridgehead atoms. The van der Waals surface area contributed by atoms with Crippen molar-refractivity contribution in [1.82, 2.24) is 4.98 Å². The summed E-state index contributed by atoms with van der Waals surface area (Å²) in [5, 5.41) is 0. The van der Waals surface area contributed by atoms with Crippen molar-refractivity contribution < 1.29 is 4.74 Å². The smallest absolute Gasteiger partial charge is 0.0738 e. The highest BCUT2D eigenvalue weighted by molar-refractivity contribution is 5.66. The number of aromatic nitrogens is 1. The molecule has 1 saturated heterocycles. The fourth-order valence-corrected chi connectivity index (χ4v) is 2.26. The summed E-state index contributed by atoms with van der Waals surface area (Å²) in [5.74, 6) is 0.698. The zero-order valence-corrected chi connectivity index (χ0v) is 9.72. The molecule has 88 valence electrons. The first-order valence-electron chi connectivity index (χ1n) is 5.74. The quantitative estimate of drug-likeness (QED) is 0.841. The van der Waals surface area contributed by atoms with Crippen molar-refractivity contribution in [2.75, 3.05) is 37.4 Å². The normalized spacial score (nSPS) is 17.7. The second-order valence-electron chi connectivity index (χ2n) is 4.32. The van der Waals surface area contributed by atoms with Gasteiger partial charge in [0.2, 0.25) is 0 Å². The average molecular weight is 221 g/mol. The average Bonchev–Trinajstić information content (AvgIpc) is 2.31. The van der Waals surface area contributed by atoms with Gasteiger partial charge in [-0.3, -0.25) is 4.98 Å². The van der Waals surface area contributed by atoms with Crippen molar-refractivity contribution >= 4 is 11.4 Å². The van der Waals surface area contributed by atoms with Gasteiger partial charge in [-0.1, -0.05) is 0 Å². The molecule has 0 aromatic carbocycles. The molecule has 1 aliphatic heterocycles. The lowest BCUT2D eigenvalue weighted by Gasteiger charge is -2.33. The van der Waals surface area contributed by atoms with E-state index < -0.39 is 0 Å².